The SMILES string of the molecule is O=C(Nc1cc([N+](=O)[O-])ccc1Cl)C1CCCN(Cc2ccccc2Cl)C1. The lowest BCUT2D eigenvalue weighted by atomic mass is 9.96. The minimum atomic E-state index is -0.516. The highest BCUT2D eigenvalue weighted by atomic mass is 35.5. The molecule has 27 heavy (non-hydrogen) atoms. The number of hydrogen-bond acceptors (Lipinski definition) is 4. The molecule has 8 heteroatoms. The van der Waals surface area contributed by atoms with Crippen LogP contribution in [-0.4, -0.2) is 28.8 Å². The van der Waals surface area contributed by atoms with E-state index in [-0.39, 0.29) is 28.2 Å². The molecule has 1 amide bonds. The fourth-order valence-electron chi connectivity index (χ4n) is 3.24. The summed E-state index contributed by atoms with van der Waals surface area (Å²) in [5, 5.41) is 14.7. The van der Waals surface area contributed by atoms with E-state index in [1.54, 1.807) is 0 Å². The minimum Gasteiger partial charge on any atom is -0.324 e. The van der Waals surface area contributed by atoms with E-state index in [4.69, 9.17) is 23.2 Å². The maximum atomic E-state index is 12.7. The number of carbonyl (C=O) groups excluding carboxylic acids is 1. The molecule has 0 bridgehead atoms. The Morgan fingerprint density at radius 3 is 2.74 bits per heavy atom. The molecule has 1 heterocycles. The van der Waals surface area contributed by atoms with Crippen LogP contribution in [0.2, 0.25) is 10.0 Å². The van der Waals surface area contributed by atoms with Gasteiger partial charge in [-0.1, -0.05) is 41.4 Å². The standard InChI is InChI=1S/C19H19Cl2N3O3/c20-16-6-2-1-4-13(16)11-23-9-3-5-14(12-23)19(25)22-18-10-15(24(26)27)7-8-17(18)21/h1-2,4,6-8,10,14H,3,5,9,11-12H2,(H,22,25). The number of anilines is 1. The number of halogens is 2. The van der Waals surface area contributed by atoms with E-state index in [0.717, 1.165) is 24.9 Å². The first kappa shape index (κ1) is 19.6. The van der Waals surface area contributed by atoms with Crippen LogP contribution in [0.4, 0.5) is 11.4 Å². The molecule has 2 aromatic rings. The first-order valence-corrected chi connectivity index (χ1v) is 9.40. The van der Waals surface area contributed by atoms with Crippen LogP contribution in [-0.2, 0) is 11.3 Å². The number of benzene rings is 2. The summed E-state index contributed by atoms with van der Waals surface area (Å²) in [4.78, 5) is 25.3. The third-order valence-electron chi connectivity index (χ3n) is 4.65. The van der Waals surface area contributed by atoms with Gasteiger partial charge in [0.1, 0.15) is 0 Å². The van der Waals surface area contributed by atoms with Crippen LogP contribution in [0, 0.1) is 16.0 Å². The van der Waals surface area contributed by atoms with E-state index in [2.05, 4.69) is 10.2 Å². The number of carbonyl (C=O) groups is 1. The molecule has 0 spiro atoms. The maximum absolute atomic E-state index is 12.7. The van der Waals surface area contributed by atoms with Crippen LogP contribution in [0.1, 0.15) is 18.4 Å². The van der Waals surface area contributed by atoms with Crippen molar-refractivity contribution in [2.24, 2.45) is 5.92 Å². The van der Waals surface area contributed by atoms with Gasteiger partial charge in [0.15, 0.2) is 0 Å². The molecule has 1 atom stereocenters. The van der Waals surface area contributed by atoms with Crippen molar-refractivity contribution in [2.45, 2.75) is 19.4 Å². The Balaban J connectivity index is 1.66. The second-order valence-corrected chi connectivity index (χ2v) is 7.39. The number of amides is 1. The van der Waals surface area contributed by atoms with E-state index in [0.29, 0.717) is 18.1 Å². The Kier molecular flexibility index (Phi) is 6.31. The van der Waals surface area contributed by atoms with Crippen LogP contribution >= 0.6 is 23.2 Å². The first-order chi connectivity index (χ1) is 12.9. The van der Waals surface area contributed by atoms with Gasteiger partial charge < -0.3 is 5.32 Å². The van der Waals surface area contributed by atoms with Crippen molar-refractivity contribution in [3.63, 3.8) is 0 Å². The summed E-state index contributed by atoms with van der Waals surface area (Å²) in [6.45, 7) is 2.18. The second-order valence-electron chi connectivity index (χ2n) is 6.58. The molecule has 1 aliphatic rings. The molecular formula is C19H19Cl2N3O3. The monoisotopic (exact) mass is 407 g/mol. The van der Waals surface area contributed by atoms with Crippen molar-refractivity contribution >= 4 is 40.5 Å². The average Bonchev–Trinajstić information content (AvgIpc) is 2.65. The fraction of sp³-hybridized carbons (Fsp3) is 0.316. The Bertz CT molecular complexity index is 860. The summed E-state index contributed by atoms with van der Waals surface area (Å²) in [6, 6.07) is 11.7. The second kappa shape index (κ2) is 8.69. The number of nitro benzene ring substituents is 1. The first-order valence-electron chi connectivity index (χ1n) is 8.64. The smallest absolute Gasteiger partial charge is 0.271 e. The lowest BCUT2D eigenvalue weighted by molar-refractivity contribution is -0.384. The lowest BCUT2D eigenvalue weighted by Gasteiger charge is -2.32. The van der Waals surface area contributed by atoms with Crippen LogP contribution in [0.25, 0.3) is 0 Å². The van der Waals surface area contributed by atoms with Crippen molar-refractivity contribution < 1.29 is 9.72 Å². The van der Waals surface area contributed by atoms with Gasteiger partial charge in [-0.3, -0.25) is 19.8 Å². The maximum Gasteiger partial charge on any atom is 0.271 e. The fourth-order valence-corrected chi connectivity index (χ4v) is 3.60. The number of rotatable bonds is 5. The number of piperidine rings is 1. The number of likely N-dealkylation sites (tertiary alicyclic amines) is 1. The number of nitro groups is 1. The van der Waals surface area contributed by atoms with Crippen LogP contribution in [0.15, 0.2) is 42.5 Å². The zero-order valence-electron chi connectivity index (χ0n) is 14.5. The molecule has 2 aromatic carbocycles. The zero-order chi connectivity index (χ0) is 19.4. The van der Waals surface area contributed by atoms with Crippen molar-refractivity contribution in [3.05, 3.63) is 68.2 Å². The molecular weight excluding hydrogens is 389 g/mol. The molecule has 142 valence electrons. The van der Waals surface area contributed by atoms with E-state index < -0.39 is 4.92 Å². The Hall–Kier alpha value is -2.15. The molecule has 0 radical (unpaired) electrons. The summed E-state index contributed by atoms with van der Waals surface area (Å²) in [7, 11) is 0. The third kappa shape index (κ3) is 4.97. The third-order valence-corrected chi connectivity index (χ3v) is 5.35. The minimum absolute atomic E-state index is 0.112. The van der Waals surface area contributed by atoms with Gasteiger partial charge in [0.05, 0.1) is 21.6 Å². The van der Waals surface area contributed by atoms with Crippen LogP contribution < -0.4 is 5.32 Å². The summed E-state index contributed by atoms with van der Waals surface area (Å²) in [5.74, 6) is -0.391. The van der Waals surface area contributed by atoms with Crippen molar-refractivity contribution in [2.75, 3.05) is 18.4 Å². The van der Waals surface area contributed by atoms with Gasteiger partial charge in [-0.2, -0.15) is 0 Å². The summed E-state index contributed by atoms with van der Waals surface area (Å²) in [6.07, 6.45) is 1.66. The summed E-state index contributed by atoms with van der Waals surface area (Å²) >= 11 is 12.3. The van der Waals surface area contributed by atoms with E-state index in [1.165, 1.54) is 18.2 Å². The van der Waals surface area contributed by atoms with Crippen molar-refractivity contribution in [3.8, 4) is 0 Å². The molecule has 1 fully saturated rings. The predicted molar refractivity (Wildman–Crippen MR) is 106 cm³/mol. The van der Waals surface area contributed by atoms with Gasteiger partial charge in [0.2, 0.25) is 5.91 Å². The van der Waals surface area contributed by atoms with Crippen molar-refractivity contribution in [1.82, 2.24) is 4.90 Å². The van der Waals surface area contributed by atoms with E-state index in [9.17, 15) is 14.9 Å². The van der Waals surface area contributed by atoms with Crippen LogP contribution in [0.3, 0.4) is 0 Å². The Labute approximate surface area is 167 Å². The average molecular weight is 408 g/mol. The molecule has 3 rings (SSSR count). The van der Waals surface area contributed by atoms with Gasteiger partial charge in [0.25, 0.3) is 5.69 Å². The number of nitrogens with zero attached hydrogens (tertiary/aromatic N) is 2. The highest BCUT2D eigenvalue weighted by Gasteiger charge is 2.27. The van der Waals surface area contributed by atoms with Crippen molar-refractivity contribution in [1.29, 1.82) is 0 Å². The normalized spacial score (nSPS) is 17.5. The Morgan fingerprint density at radius 2 is 2.00 bits per heavy atom. The molecule has 1 unspecified atom stereocenters. The van der Waals surface area contributed by atoms with Gasteiger partial charge in [-0.15, -0.1) is 0 Å². The van der Waals surface area contributed by atoms with Crippen LogP contribution in [0.5, 0.6) is 0 Å². The number of nitrogens with one attached hydrogen (secondary N) is 1. The van der Waals surface area contributed by atoms with E-state index >= 15 is 0 Å². The molecule has 1 saturated heterocycles. The summed E-state index contributed by atoms with van der Waals surface area (Å²) in [5.41, 5.74) is 1.18. The molecule has 0 aliphatic carbocycles. The quantitative estimate of drug-likeness (QED) is 0.572. The van der Waals surface area contributed by atoms with Gasteiger partial charge in [-0.25, -0.2) is 0 Å². The molecule has 0 saturated carbocycles. The van der Waals surface area contributed by atoms with Gasteiger partial charge in [-0.05, 0) is 37.1 Å². The highest BCUT2D eigenvalue weighted by Crippen LogP contribution is 2.28. The largest absolute Gasteiger partial charge is 0.324 e. The topological polar surface area (TPSA) is 75.5 Å². The predicted octanol–water partition coefficient (Wildman–Crippen LogP) is 4.75. The number of non-ortho nitro benzene ring substituents is 1. The zero-order valence-corrected chi connectivity index (χ0v) is 16.0. The summed E-state index contributed by atoms with van der Waals surface area (Å²) < 4.78 is 0. The molecule has 6 nitrogen and oxygen atoms in total. The highest BCUT2D eigenvalue weighted by molar-refractivity contribution is 6.33. The lowest BCUT2D eigenvalue weighted by Crippen LogP contribution is -2.40. The Morgan fingerprint density at radius 1 is 1.22 bits per heavy atom. The van der Waals surface area contributed by atoms with E-state index in [1.807, 2.05) is 24.3 Å². The molecule has 1 aliphatic heterocycles. The molecule has 0 aromatic heterocycles. The molecule has 1 N–H and O–H groups in total. The number of hydrogen-bond donors (Lipinski definition) is 1. The van der Waals surface area contributed by atoms with Gasteiger partial charge >= 0.3 is 0 Å². The van der Waals surface area contributed by atoms with Gasteiger partial charge in [0, 0.05) is 30.2 Å².